The highest BCUT2D eigenvalue weighted by molar-refractivity contribution is 6.31. The van der Waals surface area contributed by atoms with Crippen LogP contribution in [0.25, 0.3) is 0 Å². The average Bonchev–Trinajstić information content (AvgIpc) is 2.60. The van der Waals surface area contributed by atoms with Crippen molar-refractivity contribution in [3.05, 3.63) is 34.3 Å². The highest BCUT2D eigenvalue weighted by Gasteiger charge is 2.34. The second-order valence-electron chi connectivity index (χ2n) is 5.88. The van der Waals surface area contributed by atoms with E-state index in [0.717, 1.165) is 11.6 Å². The molecule has 3 heteroatoms. The number of rotatable bonds is 2. The monoisotopic (exact) mass is 278 g/mol. The molecular formula is C16H23ClN2. The van der Waals surface area contributed by atoms with E-state index in [1.807, 2.05) is 6.07 Å². The first-order chi connectivity index (χ1) is 9.31. The van der Waals surface area contributed by atoms with Crippen LogP contribution in [-0.4, -0.2) is 17.5 Å². The zero-order valence-corrected chi connectivity index (χ0v) is 12.2. The first-order valence-corrected chi connectivity index (χ1v) is 7.92. The molecule has 2 nitrogen and oxygen atoms in total. The van der Waals surface area contributed by atoms with Crippen LogP contribution >= 0.6 is 11.6 Å². The minimum Gasteiger partial charge on any atom is -0.329 e. The molecule has 1 aromatic carbocycles. The van der Waals surface area contributed by atoms with Crippen molar-refractivity contribution >= 4 is 11.6 Å². The minimum absolute atomic E-state index is 0.372. The molecule has 0 bridgehead atoms. The Morgan fingerprint density at radius 3 is 2.58 bits per heavy atom. The van der Waals surface area contributed by atoms with E-state index in [-0.39, 0.29) is 0 Å². The van der Waals surface area contributed by atoms with Gasteiger partial charge in [-0.3, -0.25) is 4.90 Å². The Balaban J connectivity index is 1.86. The fraction of sp³-hybridized carbons (Fsp3) is 0.625. The van der Waals surface area contributed by atoms with Gasteiger partial charge in [0.05, 0.1) is 0 Å². The summed E-state index contributed by atoms with van der Waals surface area (Å²) in [5.41, 5.74) is 8.72. The van der Waals surface area contributed by atoms with Crippen LogP contribution in [0.1, 0.15) is 55.7 Å². The van der Waals surface area contributed by atoms with Crippen molar-refractivity contribution in [2.24, 2.45) is 5.73 Å². The zero-order valence-electron chi connectivity index (χ0n) is 11.4. The standard InChI is InChI=1S/C16H23ClN2/c17-15-9-5-8-13-14(15)11-19(16(13)10-18)12-6-3-1-2-4-7-12/h5,8-9,12,16H,1-4,6-7,10-11,18H2. The van der Waals surface area contributed by atoms with Gasteiger partial charge in [-0.05, 0) is 30.0 Å². The maximum atomic E-state index is 6.36. The predicted octanol–water partition coefficient (Wildman–Crippen LogP) is 3.88. The van der Waals surface area contributed by atoms with Gasteiger partial charge >= 0.3 is 0 Å². The summed E-state index contributed by atoms with van der Waals surface area (Å²) < 4.78 is 0. The summed E-state index contributed by atoms with van der Waals surface area (Å²) in [5.74, 6) is 0. The molecule has 1 unspecified atom stereocenters. The molecule has 2 aliphatic rings. The molecule has 1 aliphatic carbocycles. The number of benzene rings is 1. The number of nitrogens with zero attached hydrogens (tertiary/aromatic N) is 1. The molecular weight excluding hydrogens is 256 g/mol. The summed E-state index contributed by atoms with van der Waals surface area (Å²) in [4.78, 5) is 2.61. The number of hydrogen-bond acceptors (Lipinski definition) is 2. The van der Waals surface area contributed by atoms with Gasteiger partial charge in [-0.15, -0.1) is 0 Å². The van der Waals surface area contributed by atoms with Gasteiger partial charge in [-0.2, -0.15) is 0 Å². The summed E-state index contributed by atoms with van der Waals surface area (Å²) in [7, 11) is 0. The Labute approximate surface area is 120 Å². The normalized spacial score (nSPS) is 25.3. The highest BCUT2D eigenvalue weighted by Crippen LogP contribution is 2.40. The Morgan fingerprint density at radius 1 is 1.16 bits per heavy atom. The summed E-state index contributed by atoms with van der Waals surface area (Å²) in [5, 5.41) is 0.909. The molecule has 1 saturated carbocycles. The molecule has 1 fully saturated rings. The van der Waals surface area contributed by atoms with E-state index in [0.29, 0.717) is 18.6 Å². The topological polar surface area (TPSA) is 29.3 Å². The molecule has 0 radical (unpaired) electrons. The van der Waals surface area contributed by atoms with Gasteiger partial charge in [0.1, 0.15) is 0 Å². The third-order valence-corrected chi connectivity index (χ3v) is 5.13. The van der Waals surface area contributed by atoms with Crippen LogP contribution in [-0.2, 0) is 6.54 Å². The molecule has 3 rings (SSSR count). The molecule has 1 aromatic rings. The summed E-state index contributed by atoms with van der Waals surface area (Å²) >= 11 is 6.36. The second kappa shape index (κ2) is 5.82. The summed E-state index contributed by atoms with van der Waals surface area (Å²) in [6.45, 7) is 1.69. The van der Waals surface area contributed by atoms with Gasteiger partial charge in [0.2, 0.25) is 0 Å². The summed E-state index contributed by atoms with van der Waals surface area (Å²) in [6, 6.07) is 7.33. The first-order valence-electron chi connectivity index (χ1n) is 7.54. The van der Waals surface area contributed by atoms with Crippen molar-refractivity contribution < 1.29 is 0 Å². The van der Waals surface area contributed by atoms with Crippen LogP contribution in [0.4, 0.5) is 0 Å². The zero-order chi connectivity index (χ0) is 13.2. The Bertz CT molecular complexity index is 438. The van der Waals surface area contributed by atoms with Gasteiger partial charge in [-0.25, -0.2) is 0 Å². The van der Waals surface area contributed by atoms with Crippen LogP contribution < -0.4 is 5.73 Å². The van der Waals surface area contributed by atoms with Crippen molar-refractivity contribution in [1.29, 1.82) is 0 Å². The van der Waals surface area contributed by atoms with E-state index < -0.39 is 0 Å². The van der Waals surface area contributed by atoms with Gasteiger partial charge in [-0.1, -0.05) is 49.4 Å². The lowest BCUT2D eigenvalue weighted by Crippen LogP contribution is -2.36. The van der Waals surface area contributed by atoms with E-state index in [1.54, 1.807) is 0 Å². The van der Waals surface area contributed by atoms with Gasteiger partial charge in [0, 0.05) is 30.2 Å². The van der Waals surface area contributed by atoms with Crippen LogP contribution in [0, 0.1) is 0 Å². The number of fused-ring (bicyclic) bond motifs is 1. The van der Waals surface area contributed by atoms with E-state index >= 15 is 0 Å². The van der Waals surface area contributed by atoms with Crippen molar-refractivity contribution in [2.45, 2.75) is 57.2 Å². The third-order valence-electron chi connectivity index (χ3n) is 4.77. The second-order valence-corrected chi connectivity index (χ2v) is 6.28. The maximum absolute atomic E-state index is 6.36. The largest absolute Gasteiger partial charge is 0.329 e. The van der Waals surface area contributed by atoms with E-state index in [2.05, 4.69) is 17.0 Å². The fourth-order valence-corrected chi connectivity index (χ4v) is 4.00. The van der Waals surface area contributed by atoms with Crippen molar-refractivity contribution in [3.8, 4) is 0 Å². The number of nitrogens with two attached hydrogens (primary N) is 1. The molecule has 19 heavy (non-hydrogen) atoms. The Kier molecular flexibility index (Phi) is 4.11. The SMILES string of the molecule is NCC1c2cccc(Cl)c2CN1C1CCCCCC1. The third kappa shape index (κ3) is 2.54. The van der Waals surface area contributed by atoms with Crippen molar-refractivity contribution in [3.63, 3.8) is 0 Å². The van der Waals surface area contributed by atoms with Crippen LogP contribution in [0.5, 0.6) is 0 Å². The van der Waals surface area contributed by atoms with Gasteiger partial charge in [0.25, 0.3) is 0 Å². The number of hydrogen-bond donors (Lipinski definition) is 1. The fourth-order valence-electron chi connectivity index (χ4n) is 3.76. The first kappa shape index (κ1) is 13.4. The van der Waals surface area contributed by atoms with Gasteiger partial charge < -0.3 is 5.73 Å². The average molecular weight is 279 g/mol. The van der Waals surface area contributed by atoms with Crippen LogP contribution in [0.3, 0.4) is 0 Å². The van der Waals surface area contributed by atoms with E-state index in [1.165, 1.54) is 49.7 Å². The molecule has 1 aliphatic heterocycles. The number of halogens is 1. The molecule has 1 heterocycles. The lowest BCUT2D eigenvalue weighted by molar-refractivity contribution is 0.135. The molecule has 104 valence electrons. The van der Waals surface area contributed by atoms with Crippen LogP contribution in [0.15, 0.2) is 18.2 Å². The summed E-state index contributed by atoms with van der Waals surface area (Å²) in [6.07, 6.45) is 8.16. The van der Waals surface area contributed by atoms with Gasteiger partial charge in [0.15, 0.2) is 0 Å². The Hall–Kier alpha value is -0.570. The minimum atomic E-state index is 0.372. The van der Waals surface area contributed by atoms with Crippen molar-refractivity contribution in [2.75, 3.05) is 6.54 Å². The van der Waals surface area contributed by atoms with Crippen LogP contribution in [0.2, 0.25) is 5.02 Å². The lowest BCUT2D eigenvalue weighted by atomic mass is 10.0. The van der Waals surface area contributed by atoms with E-state index in [9.17, 15) is 0 Å². The molecule has 0 aromatic heterocycles. The molecule has 1 atom stereocenters. The highest BCUT2D eigenvalue weighted by atomic mass is 35.5. The molecule has 0 spiro atoms. The predicted molar refractivity (Wildman–Crippen MR) is 80.3 cm³/mol. The molecule has 0 amide bonds. The van der Waals surface area contributed by atoms with Crippen molar-refractivity contribution in [1.82, 2.24) is 4.90 Å². The molecule has 0 saturated heterocycles. The Morgan fingerprint density at radius 2 is 1.89 bits per heavy atom. The smallest absolute Gasteiger partial charge is 0.0480 e. The van der Waals surface area contributed by atoms with E-state index in [4.69, 9.17) is 17.3 Å². The maximum Gasteiger partial charge on any atom is 0.0480 e. The quantitative estimate of drug-likeness (QED) is 0.832. The molecule has 2 N–H and O–H groups in total. The lowest BCUT2D eigenvalue weighted by Gasteiger charge is -2.32.